The van der Waals surface area contributed by atoms with Crippen LogP contribution in [0.2, 0.25) is 0 Å². The summed E-state index contributed by atoms with van der Waals surface area (Å²) in [6, 6.07) is 0.699. The molecule has 0 aromatic rings. The lowest BCUT2D eigenvalue weighted by Gasteiger charge is -2.30. The van der Waals surface area contributed by atoms with Crippen molar-refractivity contribution < 1.29 is 0 Å². The van der Waals surface area contributed by atoms with E-state index >= 15 is 0 Å². The van der Waals surface area contributed by atoms with Gasteiger partial charge in [-0.15, -0.1) is 0 Å². The van der Waals surface area contributed by atoms with Crippen LogP contribution in [0.5, 0.6) is 0 Å². The highest BCUT2D eigenvalue weighted by molar-refractivity contribution is 4.73. The number of nitrogens with zero attached hydrogens (tertiary/aromatic N) is 1. The summed E-state index contributed by atoms with van der Waals surface area (Å²) >= 11 is 0. The SMILES string of the molecule is CCC(C)(C)CC(C)N(C)C. The van der Waals surface area contributed by atoms with Crippen LogP contribution in [0.25, 0.3) is 0 Å². The molecule has 0 saturated heterocycles. The molecule has 0 spiro atoms. The zero-order valence-electron chi connectivity index (χ0n) is 8.94. The van der Waals surface area contributed by atoms with E-state index in [0.29, 0.717) is 11.5 Å². The average molecular weight is 157 g/mol. The van der Waals surface area contributed by atoms with Crippen LogP contribution >= 0.6 is 0 Å². The van der Waals surface area contributed by atoms with Crippen LogP contribution < -0.4 is 0 Å². The standard InChI is InChI=1S/C10H23N/c1-7-10(3,4)8-9(2)11(5)6/h9H,7-8H2,1-6H3. The fourth-order valence-corrected chi connectivity index (χ4v) is 1.13. The minimum Gasteiger partial charge on any atom is -0.307 e. The second-order valence-corrected chi connectivity index (χ2v) is 4.53. The minimum absolute atomic E-state index is 0.504. The van der Waals surface area contributed by atoms with Gasteiger partial charge in [-0.1, -0.05) is 27.2 Å². The van der Waals surface area contributed by atoms with E-state index in [1.807, 2.05) is 0 Å². The summed E-state index contributed by atoms with van der Waals surface area (Å²) in [4.78, 5) is 2.29. The third kappa shape index (κ3) is 4.41. The van der Waals surface area contributed by atoms with E-state index < -0.39 is 0 Å². The zero-order chi connectivity index (χ0) is 9.07. The Bertz CT molecular complexity index is 105. The maximum absolute atomic E-state index is 2.34. The quantitative estimate of drug-likeness (QED) is 0.606. The molecule has 1 nitrogen and oxygen atoms in total. The lowest BCUT2D eigenvalue weighted by atomic mass is 9.83. The van der Waals surface area contributed by atoms with Gasteiger partial charge >= 0.3 is 0 Å². The van der Waals surface area contributed by atoms with E-state index in [4.69, 9.17) is 0 Å². The maximum atomic E-state index is 2.34. The summed E-state index contributed by atoms with van der Waals surface area (Å²) in [6.45, 7) is 9.24. The Labute approximate surface area is 71.8 Å². The molecule has 0 aromatic heterocycles. The molecule has 0 fully saturated rings. The van der Waals surface area contributed by atoms with Crippen LogP contribution in [0, 0.1) is 5.41 Å². The van der Waals surface area contributed by atoms with Crippen molar-refractivity contribution in [2.75, 3.05) is 14.1 Å². The molecule has 0 heterocycles. The molecular weight excluding hydrogens is 134 g/mol. The molecule has 0 aliphatic rings. The topological polar surface area (TPSA) is 3.24 Å². The Morgan fingerprint density at radius 1 is 1.27 bits per heavy atom. The van der Waals surface area contributed by atoms with Crippen molar-refractivity contribution in [2.24, 2.45) is 5.41 Å². The molecule has 0 amide bonds. The lowest BCUT2D eigenvalue weighted by molar-refractivity contribution is 0.204. The van der Waals surface area contributed by atoms with Gasteiger partial charge in [0.2, 0.25) is 0 Å². The molecule has 0 radical (unpaired) electrons. The van der Waals surface area contributed by atoms with Gasteiger partial charge in [0.15, 0.2) is 0 Å². The van der Waals surface area contributed by atoms with Gasteiger partial charge in [0.1, 0.15) is 0 Å². The fourth-order valence-electron chi connectivity index (χ4n) is 1.13. The normalized spacial score (nSPS) is 15.5. The predicted molar refractivity (Wildman–Crippen MR) is 51.8 cm³/mol. The highest BCUT2D eigenvalue weighted by Gasteiger charge is 2.19. The largest absolute Gasteiger partial charge is 0.307 e. The fraction of sp³-hybridized carbons (Fsp3) is 1.00. The van der Waals surface area contributed by atoms with E-state index in [-0.39, 0.29) is 0 Å². The maximum Gasteiger partial charge on any atom is 0.00659 e. The van der Waals surface area contributed by atoms with Crippen LogP contribution in [0.4, 0.5) is 0 Å². The second kappa shape index (κ2) is 4.10. The van der Waals surface area contributed by atoms with Crippen molar-refractivity contribution in [3.05, 3.63) is 0 Å². The van der Waals surface area contributed by atoms with Gasteiger partial charge in [-0.25, -0.2) is 0 Å². The van der Waals surface area contributed by atoms with Crippen LogP contribution in [0.1, 0.15) is 40.5 Å². The number of hydrogen-bond acceptors (Lipinski definition) is 1. The molecule has 0 N–H and O–H groups in total. The lowest BCUT2D eigenvalue weighted by Crippen LogP contribution is -2.29. The first-order valence-corrected chi connectivity index (χ1v) is 4.55. The Kier molecular flexibility index (Phi) is 4.09. The first-order valence-electron chi connectivity index (χ1n) is 4.55. The van der Waals surface area contributed by atoms with Crippen LogP contribution in [-0.2, 0) is 0 Å². The molecule has 1 unspecified atom stereocenters. The molecule has 0 aliphatic carbocycles. The van der Waals surface area contributed by atoms with Gasteiger partial charge in [0.25, 0.3) is 0 Å². The molecule has 0 bridgehead atoms. The van der Waals surface area contributed by atoms with Crippen molar-refractivity contribution in [1.29, 1.82) is 0 Å². The summed E-state index contributed by atoms with van der Waals surface area (Å²) in [6.07, 6.45) is 2.56. The van der Waals surface area contributed by atoms with Crippen molar-refractivity contribution in [3.8, 4) is 0 Å². The van der Waals surface area contributed by atoms with Crippen molar-refractivity contribution in [2.45, 2.75) is 46.6 Å². The highest BCUT2D eigenvalue weighted by atomic mass is 15.1. The monoisotopic (exact) mass is 157 g/mol. The molecule has 0 aromatic carbocycles. The summed E-state index contributed by atoms with van der Waals surface area (Å²) in [7, 11) is 4.30. The van der Waals surface area contributed by atoms with Crippen molar-refractivity contribution >= 4 is 0 Å². The third-order valence-electron chi connectivity index (χ3n) is 2.69. The summed E-state index contributed by atoms with van der Waals surface area (Å²) in [5, 5.41) is 0. The van der Waals surface area contributed by atoms with E-state index in [2.05, 4.69) is 46.7 Å². The van der Waals surface area contributed by atoms with Crippen molar-refractivity contribution in [3.63, 3.8) is 0 Å². The van der Waals surface area contributed by atoms with Gasteiger partial charge in [0.05, 0.1) is 0 Å². The molecular formula is C10H23N. The molecule has 11 heavy (non-hydrogen) atoms. The molecule has 1 heteroatoms. The zero-order valence-corrected chi connectivity index (χ0v) is 8.94. The second-order valence-electron chi connectivity index (χ2n) is 4.53. The summed E-state index contributed by atoms with van der Waals surface area (Å²) < 4.78 is 0. The molecule has 0 rings (SSSR count). The summed E-state index contributed by atoms with van der Waals surface area (Å²) in [5.74, 6) is 0. The van der Waals surface area contributed by atoms with Gasteiger partial charge in [-0.2, -0.15) is 0 Å². The van der Waals surface area contributed by atoms with E-state index in [1.54, 1.807) is 0 Å². The van der Waals surface area contributed by atoms with Crippen LogP contribution in [0.3, 0.4) is 0 Å². The first-order chi connectivity index (χ1) is 4.89. The molecule has 0 saturated carbocycles. The Balaban J connectivity index is 3.83. The van der Waals surface area contributed by atoms with Gasteiger partial charge < -0.3 is 4.90 Å². The van der Waals surface area contributed by atoms with Crippen molar-refractivity contribution in [1.82, 2.24) is 4.90 Å². The summed E-state index contributed by atoms with van der Waals surface area (Å²) in [5.41, 5.74) is 0.504. The van der Waals surface area contributed by atoms with E-state index in [1.165, 1.54) is 12.8 Å². The Hall–Kier alpha value is -0.0400. The average Bonchev–Trinajstić information content (AvgIpc) is 1.87. The van der Waals surface area contributed by atoms with Gasteiger partial charge in [0, 0.05) is 6.04 Å². The molecule has 1 atom stereocenters. The third-order valence-corrected chi connectivity index (χ3v) is 2.69. The number of hydrogen-bond donors (Lipinski definition) is 0. The Morgan fingerprint density at radius 2 is 1.73 bits per heavy atom. The Morgan fingerprint density at radius 3 is 2.00 bits per heavy atom. The van der Waals surface area contributed by atoms with E-state index in [0.717, 1.165) is 0 Å². The first kappa shape index (κ1) is 11.0. The van der Waals surface area contributed by atoms with Gasteiger partial charge in [-0.05, 0) is 32.9 Å². The smallest absolute Gasteiger partial charge is 0.00659 e. The van der Waals surface area contributed by atoms with Crippen LogP contribution in [-0.4, -0.2) is 25.0 Å². The predicted octanol–water partition coefficient (Wildman–Crippen LogP) is 2.76. The number of rotatable bonds is 4. The highest BCUT2D eigenvalue weighted by Crippen LogP contribution is 2.27. The van der Waals surface area contributed by atoms with Gasteiger partial charge in [-0.3, -0.25) is 0 Å². The van der Waals surface area contributed by atoms with Crippen LogP contribution in [0.15, 0.2) is 0 Å². The molecule has 0 aliphatic heterocycles. The molecule has 68 valence electrons. The van der Waals surface area contributed by atoms with E-state index in [9.17, 15) is 0 Å². The minimum atomic E-state index is 0.504.